The first kappa shape index (κ1) is 11.8. The molecule has 13 heavy (non-hydrogen) atoms. The van der Waals surface area contributed by atoms with E-state index in [4.69, 9.17) is 4.74 Å². The van der Waals surface area contributed by atoms with Gasteiger partial charge in [-0.3, -0.25) is 9.59 Å². The van der Waals surface area contributed by atoms with Gasteiger partial charge in [0.25, 0.3) is 0 Å². The van der Waals surface area contributed by atoms with Crippen LogP contribution in [0.5, 0.6) is 0 Å². The van der Waals surface area contributed by atoms with Gasteiger partial charge < -0.3 is 9.47 Å². The standard InChI is InChI=1S/C9H14O4/c1-7(10)6-9(11)13-5-4-8(2)12-3/h4-5,8H,6H2,1-3H3. The monoisotopic (exact) mass is 186 g/mol. The molecule has 0 aliphatic carbocycles. The summed E-state index contributed by atoms with van der Waals surface area (Å²) in [5.41, 5.74) is 0. The minimum Gasteiger partial charge on any atom is -0.434 e. The molecule has 0 saturated heterocycles. The predicted molar refractivity (Wildman–Crippen MR) is 47.0 cm³/mol. The second-order valence-corrected chi connectivity index (χ2v) is 2.64. The molecule has 0 aromatic rings. The van der Waals surface area contributed by atoms with Gasteiger partial charge in [-0.1, -0.05) is 0 Å². The highest BCUT2D eigenvalue weighted by Crippen LogP contribution is 1.93. The molecule has 0 aliphatic rings. The fourth-order valence-electron chi connectivity index (χ4n) is 0.549. The third-order valence-electron chi connectivity index (χ3n) is 1.31. The van der Waals surface area contributed by atoms with Crippen LogP contribution in [0.15, 0.2) is 12.3 Å². The molecule has 0 aromatic carbocycles. The molecule has 0 amide bonds. The van der Waals surface area contributed by atoms with Crippen LogP contribution < -0.4 is 0 Å². The van der Waals surface area contributed by atoms with Crippen LogP contribution in [0, 0.1) is 0 Å². The Morgan fingerprint density at radius 3 is 2.54 bits per heavy atom. The summed E-state index contributed by atoms with van der Waals surface area (Å²) in [6, 6.07) is 0. The summed E-state index contributed by atoms with van der Waals surface area (Å²) in [6.45, 7) is 3.14. The van der Waals surface area contributed by atoms with Crippen molar-refractivity contribution in [1.29, 1.82) is 0 Å². The molecule has 0 fully saturated rings. The van der Waals surface area contributed by atoms with Gasteiger partial charge in [-0.05, 0) is 19.9 Å². The molecular weight excluding hydrogens is 172 g/mol. The van der Waals surface area contributed by atoms with Crippen LogP contribution in [-0.4, -0.2) is 25.0 Å². The Kier molecular flexibility index (Phi) is 5.80. The molecule has 1 unspecified atom stereocenters. The summed E-state index contributed by atoms with van der Waals surface area (Å²) < 4.78 is 9.47. The average molecular weight is 186 g/mol. The minimum absolute atomic E-state index is 0.106. The van der Waals surface area contributed by atoms with Crippen LogP contribution in [0.3, 0.4) is 0 Å². The first-order valence-electron chi connectivity index (χ1n) is 3.94. The number of carbonyl (C=O) groups excluding carboxylic acids is 2. The summed E-state index contributed by atoms with van der Waals surface area (Å²) in [7, 11) is 1.55. The Balaban J connectivity index is 3.69. The number of rotatable bonds is 5. The van der Waals surface area contributed by atoms with Crippen LogP contribution in [0.2, 0.25) is 0 Å². The fourth-order valence-corrected chi connectivity index (χ4v) is 0.549. The number of carbonyl (C=O) groups is 2. The van der Waals surface area contributed by atoms with E-state index in [-0.39, 0.29) is 18.3 Å². The van der Waals surface area contributed by atoms with Gasteiger partial charge in [0.15, 0.2) is 0 Å². The molecule has 74 valence electrons. The van der Waals surface area contributed by atoms with E-state index in [1.807, 2.05) is 0 Å². The topological polar surface area (TPSA) is 52.6 Å². The predicted octanol–water partition coefficient (Wildman–Crippen LogP) is 1.06. The van der Waals surface area contributed by atoms with E-state index < -0.39 is 5.97 Å². The lowest BCUT2D eigenvalue weighted by Gasteiger charge is -2.01. The van der Waals surface area contributed by atoms with E-state index in [2.05, 4.69) is 4.74 Å². The number of hydrogen-bond acceptors (Lipinski definition) is 4. The van der Waals surface area contributed by atoms with Gasteiger partial charge in [-0.15, -0.1) is 0 Å². The zero-order valence-electron chi connectivity index (χ0n) is 8.07. The first-order valence-corrected chi connectivity index (χ1v) is 3.94. The Bertz CT molecular complexity index is 208. The summed E-state index contributed by atoms with van der Waals surface area (Å²) in [5.74, 6) is -0.759. The zero-order valence-corrected chi connectivity index (χ0v) is 8.07. The molecule has 0 N–H and O–H groups in total. The molecular formula is C9H14O4. The summed E-state index contributed by atoms with van der Waals surface area (Å²) in [4.78, 5) is 21.2. The van der Waals surface area contributed by atoms with Crippen LogP contribution in [0.25, 0.3) is 0 Å². The highest BCUT2D eigenvalue weighted by Gasteiger charge is 2.04. The van der Waals surface area contributed by atoms with Crippen LogP contribution in [-0.2, 0) is 19.1 Å². The van der Waals surface area contributed by atoms with Crippen molar-refractivity contribution < 1.29 is 19.1 Å². The highest BCUT2D eigenvalue weighted by molar-refractivity contribution is 5.94. The zero-order chi connectivity index (χ0) is 10.3. The molecule has 0 radical (unpaired) electrons. The van der Waals surface area contributed by atoms with Crippen LogP contribution >= 0.6 is 0 Å². The van der Waals surface area contributed by atoms with Gasteiger partial charge in [-0.2, -0.15) is 0 Å². The molecule has 4 heteroatoms. The van der Waals surface area contributed by atoms with E-state index in [1.165, 1.54) is 13.2 Å². The number of methoxy groups -OCH3 is 1. The summed E-state index contributed by atoms with van der Waals surface area (Å²) in [6.07, 6.45) is 2.52. The number of Topliss-reactive ketones (excluding diaryl/α,β-unsaturated/α-hetero) is 1. The second-order valence-electron chi connectivity index (χ2n) is 2.64. The van der Waals surface area contributed by atoms with E-state index in [0.29, 0.717) is 0 Å². The Hall–Kier alpha value is -1.16. The second kappa shape index (κ2) is 6.37. The molecule has 1 atom stereocenters. The average Bonchev–Trinajstić information content (AvgIpc) is 2.02. The van der Waals surface area contributed by atoms with Crippen molar-refractivity contribution in [2.75, 3.05) is 7.11 Å². The minimum atomic E-state index is -0.549. The Labute approximate surface area is 77.5 Å². The van der Waals surface area contributed by atoms with Gasteiger partial charge in [0.2, 0.25) is 0 Å². The smallest absolute Gasteiger partial charge is 0.318 e. The van der Waals surface area contributed by atoms with Crippen LogP contribution in [0.4, 0.5) is 0 Å². The molecule has 0 rings (SSSR count). The maximum atomic E-state index is 10.8. The van der Waals surface area contributed by atoms with Gasteiger partial charge in [0.05, 0.1) is 12.4 Å². The quantitative estimate of drug-likeness (QED) is 0.366. The lowest BCUT2D eigenvalue weighted by atomic mass is 10.3. The number of ether oxygens (including phenoxy) is 2. The third-order valence-corrected chi connectivity index (χ3v) is 1.31. The van der Waals surface area contributed by atoms with Crippen LogP contribution in [0.1, 0.15) is 20.3 Å². The van der Waals surface area contributed by atoms with Crippen molar-refractivity contribution in [2.45, 2.75) is 26.4 Å². The van der Waals surface area contributed by atoms with Gasteiger partial charge in [-0.25, -0.2) is 0 Å². The molecule has 4 nitrogen and oxygen atoms in total. The van der Waals surface area contributed by atoms with E-state index in [1.54, 1.807) is 20.1 Å². The van der Waals surface area contributed by atoms with Gasteiger partial charge in [0, 0.05) is 7.11 Å². The summed E-state index contributed by atoms with van der Waals surface area (Å²) in [5, 5.41) is 0. The number of ketones is 1. The molecule has 0 saturated carbocycles. The van der Waals surface area contributed by atoms with Crippen molar-refractivity contribution in [3.8, 4) is 0 Å². The Morgan fingerprint density at radius 1 is 1.46 bits per heavy atom. The van der Waals surface area contributed by atoms with Gasteiger partial charge >= 0.3 is 5.97 Å². The van der Waals surface area contributed by atoms with E-state index >= 15 is 0 Å². The number of esters is 1. The van der Waals surface area contributed by atoms with Crippen molar-refractivity contribution in [2.24, 2.45) is 0 Å². The normalized spacial score (nSPS) is 12.8. The maximum absolute atomic E-state index is 10.8. The van der Waals surface area contributed by atoms with Crippen molar-refractivity contribution in [3.05, 3.63) is 12.3 Å². The molecule has 0 bridgehead atoms. The number of hydrogen-bond donors (Lipinski definition) is 0. The van der Waals surface area contributed by atoms with E-state index in [9.17, 15) is 9.59 Å². The third kappa shape index (κ3) is 7.21. The lowest BCUT2D eigenvalue weighted by Crippen LogP contribution is -2.06. The Morgan fingerprint density at radius 2 is 2.08 bits per heavy atom. The SMILES string of the molecule is COC(C)C=COC(=O)CC(C)=O. The highest BCUT2D eigenvalue weighted by atomic mass is 16.5. The molecule has 0 heterocycles. The van der Waals surface area contributed by atoms with E-state index in [0.717, 1.165) is 0 Å². The van der Waals surface area contributed by atoms with Crippen molar-refractivity contribution >= 4 is 11.8 Å². The maximum Gasteiger partial charge on any atom is 0.318 e. The summed E-state index contributed by atoms with van der Waals surface area (Å²) >= 11 is 0. The molecule has 0 spiro atoms. The van der Waals surface area contributed by atoms with Crippen molar-refractivity contribution in [3.63, 3.8) is 0 Å². The molecule has 0 aromatic heterocycles. The van der Waals surface area contributed by atoms with Gasteiger partial charge in [0.1, 0.15) is 12.2 Å². The largest absolute Gasteiger partial charge is 0.434 e. The molecule has 0 aliphatic heterocycles. The fraction of sp³-hybridized carbons (Fsp3) is 0.556. The first-order chi connectivity index (χ1) is 6.06. The lowest BCUT2D eigenvalue weighted by molar-refractivity contribution is -0.140. The van der Waals surface area contributed by atoms with Crippen molar-refractivity contribution in [1.82, 2.24) is 0 Å².